The SMILES string of the molecule is O=C(NC1CCN(Cc2cccnc2)CC1O)c1cccc(F)c1. The predicted octanol–water partition coefficient (Wildman–Crippen LogP) is 1.59. The van der Waals surface area contributed by atoms with Crippen LogP contribution in [0.5, 0.6) is 0 Å². The maximum atomic E-state index is 13.2. The highest BCUT2D eigenvalue weighted by Crippen LogP contribution is 2.15. The first-order valence-electron chi connectivity index (χ1n) is 7.97. The van der Waals surface area contributed by atoms with Crippen LogP contribution in [0.3, 0.4) is 0 Å². The van der Waals surface area contributed by atoms with Crippen molar-refractivity contribution in [3.63, 3.8) is 0 Å². The third-order valence-corrected chi connectivity index (χ3v) is 4.20. The fraction of sp³-hybridized carbons (Fsp3) is 0.333. The number of nitrogens with zero attached hydrogens (tertiary/aromatic N) is 2. The van der Waals surface area contributed by atoms with Crippen LogP contribution in [0.2, 0.25) is 0 Å². The second-order valence-electron chi connectivity index (χ2n) is 6.04. The number of likely N-dealkylation sites (tertiary alicyclic amines) is 1. The molecule has 1 amide bonds. The minimum atomic E-state index is -0.659. The Morgan fingerprint density at radius 2 is 2.25 bits per heavy atom. The lowest BCUT2D eigenvalue weighted by Gasteiger charge is -2.36. The molecule has 126 valence electrons. The van der Waals surface area contributed by atoms with Gasteiger partial charge in [0.05, 0.1) is 12.1 Å². The number of β-amino-alcohol motifs (C(OH)–C–C–N with tert-alkyl or cyclic N) is 1. The van der Waals surface area contributed by atoms with Crippen LogP contribution in [0.4, 0.5) is 4.39 Å². The van der Waals surface area contributed by atoms with Gasteiger partial charge in [-0.05, 0) is 36.2 Å². The third-order valence-electron chi connectivity index (χ3n) is 4.20. The van der Waals surface area contributed by atoms with Crippen molar-refractivity contribution in [2.45, 2.75) is 25.1 Å². The molecule has 0 spiro atoms. The van der Waals surface area contributed by atoms with E-state index in [2.05, 4.69) is 15.2 Å². The molecule has 1 fully saturated rings. The second-order valence-corrected chi connectivity index (χ2v) is 6.04. The summed E-state index contributed by atoms with van der Waals surface area (Å²) in [7, 11) is 0. The van der Waals surface area contributed by atoms with E-state index in [1.54, 1.807) is 12.3 Å². The number of amides is 1. The minimum absolute atomic E-state index is 0.264. The molecule has 0 saturated carbocycles. The molecule has 1 aromatic carbocycles. The molecule has 2 aromatic rings. The van der Waals surface area contributed by atoms with E-state index in [1.165, 1.54) is 18.2 Å². The van der Waals surface area contributed by atoms with Crippen molar-refractivity contribution in [2.24, 2.45) is 0 Å². The van der Waals surface area contributed by atoms with Gasteiger partial charge in [-0.3, -0.25) is 14.7 Å². The number of pyridine rings is 1. The molecule has 6 heteroatoms. The maximum absolute atomic E-state index is 13.2. The summed E-state index contributed by atoms with van der Waals surface area (Å²) in [5.41, 5.74) is 1.35. The molecule has 0 bridgehead atoms. The fourth-order valence-corrected chi connectivity index (χ4v) is 2.94. The molecule has 2 N–H and O–H groups in total. The lowest BCUT2D eigenvalue weighted by Crippen LogP contribution is -2.53. The van der Waals surface area contributed by atoms with E-state index in [0.29, 0.717) is 13.0 Å². The summed E-state index contributed by atoms with van der Waals surface area (Å²) < 4.78 is 13.2. The van der Waals surface area contributed by atoms with Crippen LogP contribution in [0.1, 0.15) is 22.3 Å². The normalized spacial score (nSPS) is 21.4. The summed E-state index contributed by atoms with van der Waals surface area (Å²) in [6.07, 6.45) is 3.52. The van der Waals surface area contributed by atoms with Crippen LogP contribution in [0.15, 0.2) is 48.8 Å². The summed E-state index contributed by atoms with van der Waals surface area (Å²) in [6.45, 7) is 1.96. The Morgan fingerprint density at radius 3 is 2.96 bits per heavy atom. The highest BCUT2D eigenvalue weighted by Gasteiger charge is 2.29. The van der Waals surface area contributed by atoms with Crippen LogP contribution in [0, 0.1) is 5.82 Å². The molecule has 1 aliphatic heterocycles. The quantitative estimate of drug-likeness (QED) is 0.894. The van der Waals surface area contributed by atoms with Crippen molar-refractivity contribution in [3.8, 4) is 0 Å². The van der Waals surface area contributed by atoms with Gasteiger partial charge in [0.1, 0.15) is 5.82 Å². The van der Waals surface area contributed by atoms with Crippen LogP contribution >= 0.6 is 0 Å². The molecule has 5 nitrogen and oxygen atoms in total. The molecule has 1 saturated heterocycles. The number of nitrogens with one attached hydrogen (secondary N) is 1. The van der Waals surface area contributed by atoms with Crippen LogP contribution in [-0.2, 0) is 6.54 Å². The molecular formula is C18H20FN3O2. The second kappa shape index (κ2) is 7.51. The number of carbonyl (C=O) groups excluding carboxylic acids is 1. The molecular weight excluding hydrogens is 309 g/mol. The maximum Gasteiger partial charge on any atom is 0.251 e. The van der Waals surface area contributed by atoms with E-state index >= 15 is 0 Å². The first-order chi connectivity index (χ1) is 11.6. The molecule has 0 radical (unpaired) electrons. The topological polar surface area (TPSA) is 65.5 Å². The number of aliphatic hydroxyl groups excluding tert-OH is 1. The summed E-state index contributed by atoms with van der Waals surface area (Å²) in [5, 5.41) is 13.1. The summed E-state index contributed by atoms with van der Waals surface area (Å²) in [6, 6.07) is 9.10. The molecule has 24 heavy (non-hydrogen) atoms. The van der Waals surface area contributed by atoms with Gasteiger partial charge in [0.2, 0.25) is 0 Å². The highest BCUT2D eigenvalue weighted by molar-refractivity contribution is 5.94. The van der Waals surface area contributed by atoms with E-state index in [0.717, 1.165) is 18.7 Å². The van der Waals surface area contributed by atoms with Crippen LogP contribution < -0.4 is 5.32 Å². The molecule has 2 heterocycles. The van der Waals surface area contributed by atoms with Gasteiger partial charge in [0.25, 0.3) is 5.91 Å². The number of benzene rings is 1. The number of hydrogen-bond acceptors (Lipinski definition) is 4. The van der Waals surface area contributed by atoms with E-state index in [-0.39, 0.29) is 17.5 Å². The van der Waals surface area contributed by atoms with Gasteiger partial charge < -0.3 is 10.4 Å². The predicted molar refractivity (Wildman–Crippen MR) is 87.8 cm³/mol. The van der Waals surface area contributed by atoms with Gasteiger partial charge >= 0.3 is 0 Å². The van der Waals surface area contributed by atoms with Gasteiger partial charge in [0, 0.05) is 37.6 Å². The number of aliphatic hydroxyl groups is 1. The average molecular weight is 329 g/mol. The summed E-state index contributed by atoms with van der Waals surface area (Å²) in [4.78, 5) is 18.4. The third kappa shape index (κ3) is 4.15. The highest BCUT2D eigenvalue weighted by atomic mass is 19.1. The van der Waals surface area contributed by atoms with Gasteiger partial charge in [0.15, 0.2) is 0 Å². The number of aromatic nitrogens is 1. The molecule has 2 atom stereocenters. The molecule has 3 rings (SSSR count). The summed E-state index contributed by atoms with van der Waals surface area (Å²) in [5.74, 6) is -0.811. The Hall–Kier alpha value is -2.31. The minimum Gasteiger partial charge on any atom is -0.390 e. The van der Waals surface area contributed by atoms with Gasteiger partial charge in [-0.25, -0.2) is 4.39 Å². The van der Waals surface area contributed by atoms with Crippen molar-refractivity contribution in [2.75, 3.05) is 13.1 Å². The standard InChI is InChI=1S/C18H20FN3O2/c19-15-5-1-4-14(9-15)18(24)21-16-6-8-22(12-17(16)23)11-13-3-2-7-20-10-13/h1-5,7,9-10,16-17,23H,6,8,11-12H2,(H,21,24). The van der Waals surface area contributed by atoms with E-state index < -0.39 is 11.9 Å². The van der Waals surface area contributed by atoms with Crippen molar-refractivity contribution >= 4 is 5.91 Å². The number of halogens is 1. The largest absolute Gasteiger partial charge is 0.390 e. The first-order valence-corrected chi connectivity index (χ1v) is 7.97. The van der Waals surface area contributed by atoms with E-state index in [9.17, 15) is 14.3 Å². The Morgan fingerprint density at radius 1 is 1.38 bits per heavy atom. The zero-order valence-electron chi connectivity index (χ0n) is 13.2. The van der Waals surface area contributed by atoms with Crippen molar-refractivity contribution in [1.29, 1.82) is 0 Å². The molecule has 2 unspecified atom stereocenters. The van der Waals surface area contributed by atoms with Gasteiger partial charge in [-0.15, -0.1) is 0 Å². The van der Waals surface area contributed by atoms with Crippen molar-refractivity contribution in [1.82, 2.24) is 15.2 Å². The van der Waals surface area contributed by atoms with Gasteiger partial charge in [-0.2, -0.15) is 0 Å². The zero-order chi connectivity index (χ0) is 16.9. The fourth-order valence-electron chi connectivity index (χ4n) is 2.94. The number of hydrogen-bond donors (Lipinski definition) is 2. The van der Waals surface area contributed by atoms with Gasteiger partial charge in [-0.1, -0.05) is 12.1 Å². The van der Waals surface area contributed by atoms with E-state index in [4.69, 9.17) is 0 Å². The number of carbonyl (C=O) groups is 1. The van der Waals surface area contributed by atoms with Crippen LogP contribution in [0.25, 0.3) is 0 Å². The van der Waals surface area contributed by atoms with Crippen LogP contribution in [-0.4, -0.2) is 46.1 Å². The Balaban J connectivity index is 1.55. The smallest absolute Gasteiger partial charge is 0.251 e. The first kappa shape index (κ1) is 16.5. The number of rotatable bonds is 4. The Kier molecular flexibility index (Phi) is 5.17. The zero-order valence-corrected chi connectivity index (χ0v) is 13.2. The Bertz CT molecular complexity index is 696. The molecule has 1 aromatic heterocycles. The lowest BCUT2D eigenvalue weighted by atomic mass is 10.0. The van der Waals surface area contributed by atoms with E-state index in [1.807, 2.05) is 18.3 Å². The summed E-state index contributed by atoms with van der Waals surface area (Å²) >= 11 is 0. The van der Waals surface area contributed by atoms with Crippen molar-refractivity contribution in [3.05, 3.63) is 65.7 Å². The Labute approximate surface area is 140 Å². The molecule has 1 aliphatic rings. The van der Waals surface area contributed by atoms with Crippen molar-refractivity contribution < 1.29 is 14.3 Å². The number of piperidine rings is 1. The average Bonchev–Trinajstić information content (AvgIpc) is 2.58. The lowest BCUT2D eigenvalue weighted by molar-refractivity contribution is 0.0349. The molecule has 0 aliphatic carbocycles. The monoisotopic (exact) mass is 329 g/mol.